The quantitative estimate of drug-likeness (QED) is 0.752. The van der Waals surface area contributed by atoms with Crippen LogP contribution in [0.3, 0.4) is 0 Å². The van der Waals surface area contributed by atoms with Gasteiger partial charge >= 0.3 is 0 Å². The first-order valence-corrected chi connectivity index (χ1v) is 6.24. The van der Waals surface area contributed by atoms with Crippen molar-refractivity contribution in [2.45, 2.75) is 0 Å². The van der Waals surface area contributed by atoms with Gasteiger partial charge in [0.15, 0.2) is 0 Å². The molecular formula is C14H9Cl2NO. The Morgan fingerprint density at radius 3 is 2.44 bits per heavy atom. The number of hydrogen-bond donors (Lipinski definition) is 0. The van der Waals surface area contributed by atoms with Crippen LogP contribution in [0.25, 0.3) is 0 Å². The lowest BCUT2D eigenvalue weighted by Gasteiger charge is -2.17. The molecule has 0 saturated heterocycles. The molecule has 0 atom stereocenters. The first kappa shape index (κ1) is 11.6. The second-order valence-corrected chi connectivity index (χ2v) is 4.84. The molecule has 1 heterocycles. The molecule has 0 bridgehead atoms. The van der Waals surface area contributed by atoms with Gasteiger partial charge in [0, 0.05) is 10.0 Å². The van der Waals surface area contributed by atoms with Crippen LogP contribution in [0.1, 0.15) is 5.56 Å². The van der Waals surface area contributed by atoms with E-state index >= 15 is 0 Å². The number of nitrogens with zero attached hydrogens (tertiary/aromatic N) is 1. The SMILES string of the molecule is Clc1ccc(C2=Nc3cc(Cl)ccc3OC2)cc1. The second-order valence-electron chi connectivity index (χ2n) is 3.97. The molecule has 0 aromatic heterocycles. The van der Waals surface area contributed by atoms with Crippen molar-refractivity contribution in [2.24, 2.45) is 4.99 Å². The third-order valence-electron chi connectivity index (χ3n) is 2.72. The first-order valence-electron chi connectivity index (χ1n) is 5.48. The van der Waals surface area contributed by atoms with E-state index in [1.54, 1.807) is 12.1 Å². The minimum atomic E-state index is 0.455. The molecule has 1 aliphatic rings. The number of benzene rings is 2. The molecule has 0 fully saturated rings. The van der Waals surface area contributed by atoms with Gasteiger partial charge in [-0.3, -0.25) is 0 Å². The average molecular weight is 278 g/mol. The summed E-state index contributed by atoms with van der Waals surface area (Å²) in [6.45, 7) is 0.455. The minimum absolute atomic E-state index is 0.455. The zero-order chi connectivity index (χ0) is 12.5. The van der Waals surface area contributed by atoms with E-state index in [1.807, 2.05) is 30.3 Å². The van der Waals surface area contributed by atoms with E-state index in [0.29, 0.717) is 16.7 Å². The fraction of sp³-hybridized carbons (Fsp3) is 0.0714. The Kier molecular flexibility index (Phi) is 2.98. The summed E-state index contributed by atoms with van der Waals surface area (Å²) in [7, 11) is 0. The van der Waals surface area contributed by atoms with Crippen LogP contribution < -0.4 is 4.74 Å². The molecule has 0 aliphatic carbocycles. The highest BCUT2D eigenvalue weighted by Gasteiger charge is 2.14. The van der Waals surface area contributed by atoms with Gasteiger partial charge in [0.2, 0.25) is 0 Å². The van der Waals surface area contributed by atoms with E-state index in [9.17, 15) is 0 Å². The maximum absolute atomic E-state index is 5.95. The Hall–Kier alpha value is -1.51. The van der Waals surface area contributed by atoms with Gasteiger partial charge in [-0.1, -0.05) is 35.3 Å². The Morgan fingerprint density at radius 1 is 0.944 bits per heavy atom. The molecule has 1 aliphatic heterocycles. The second kappa shape index (κ2) is 4.63. The highest BCUT2D eigenvalue weighted by atomic mass is 35.5. The monoisotopic (exact) mass is 277 g/mol. The Bertz CT molecular complexity index is 620. The smallest absolute Gasteiger partial charge is 0.145 e. The summed E-state index contributed by atoms with van der Waals surface area (Å²) in [6, 6.07) is 13.0. The average Bonchev–Trinajstić information content (AvgIpc) is 2.38. The summed E-state index contributed by atoms with van der Waals surface area (Å²) < 4.78 is 5.65. The van der Waals surface area contributed by atoms with Gasteiger partial charge < -0.3 is 4.74 Å². The largest absolute Gasteiger partial charge is 0.485 e. The fourth-order valence-electron chi connectivity index (χ4n) is 1.81. The van der Waals surface area contributed by atoms with E-state index in [4.69, 9.17) is 27.9 Å². The minimum Gasteiger partial charge on any atom is -0.485 e. The van der Waals surface area contributed by atoms with Crippen LogP contribution in [0, 0.1) is 0 Å². The normalized spacial score (nSPS) is 13.6. The number of aliphatic imine (C=N–C) groups is 1. The van der Waals surface area contributed by atoms with Crippen molar-refractivity contribution in [3.63, 3.8) is 0 Å². The maximum Gasteiger partial charge on any atom is 0.145 e. The van der Waals surface area contributed by atoms with Crippen LogP contribution in [-0.4, -0.2) is 12.3 Å². The zero-order valence-electron chi connectivity index (χ0n) is 9.36. The maximum atomic E-state index is 5.95. The van der Waals surface area contributed by atoms with Crippen LogP contribution in [0.4, 0.5) is 5.69 Å². The van der Waals surface area contributed by atoms with E-state index in [-0.39, 0.29) is 0 Å². The van der Waals surface area contributed by atoms with Crippen molar-refractivity contribution >= 4 is 34.6 Å². The van der Waals surface area contributed by atoms with Crippen molar-refractivity contribution in [3.8, 4) is 5.75 Å². The molecule has 0 saturated carbocycles. The standard InChI is InChI=1S/C14H9Cl2NO/c15-10-3-1-9(2-4-10)13-8-18-14-6-5-11(16)7-12(14)17-13/h1-7H,8H2. The molecule has 2 aromatic rings. The summed E-state index contributed by atoms with van der Waals surface area (Å²) in [5.41, 5.74) is 2.64. The third-order valence-corrected chi connectivity index (χ3v) is 3.21. The lowest BCUT2D eigenvalue weighted by atomic mass is 10.1. The van der Waals surface area contributed by atoms with Crippen LogP contribution in [0.15, 0.2) is 47.5 Å². The van der Waals surface area contributed by atoms with Crippen LogP contribution in [-0.2, 0) is 0 Å². The number of ether oxygens (including phenoxy) is 1. The molecule has 2 aromatic carbocycles. The van der Waals surface area contributed by atoms with Gasteiger partial charge in [-0.05, 0) is 35.9 Å². The Balaban J connectivity index is 2.02. The third kappa shape index (κ3) is 2.22. The van der Waals surface area contributed by atoms with Crippen LogP contribution in [0.2, 0.25) is 10.0 Å². The number of hydrogen-bond acceptors (Lipinski definition) is 2. The van der Waals surface area contributed by atoms with Gasteiger partial charge in [-0.2, -0.15) is 0 Å². The summed E-state index contributed by atoms with van der Waals surface area (Å²) in [6.07, 6.45) is 0. The summed E-state index contributed by atoms with van der Waals surface area (Å²) in [5, 5.41) is 1.36. The van der Waals surface area contributed by atoms with E-state index in [0.717, 1.165) is 22.7 Å². The van der Waals surface area contributed by atoms with Crippen LogP contribution in [0.5, 0.6) is 5.75 Å². The lowest BCUT2D eigenvalue weighted by Crippen LogP contribution is -2.16. The molecular weight excluding hydrogens is 269 g/mol. The van der Waals surface area contributed by atoms with E-state index in [2.05, 4.69) is 4.99 Å². The number of rotatable bonds is 1. The Morgan fingerprint density at radius 2 is 1.67 bits per heavy atom. The van der Waals surface area contributed by atoms with Crippen LogP contribution >= 0.6 is 23.2 Å². The summed E-state index contributed by atoms with van der Waals surface area (Å²) in [4.78, 5) is 4.57. The highest BCUT2D eigenvalue weighted by molar-refractivity contribution is 6.31. The zero-order valence-corrected chi connectivity index (χ0v) is 10.9. The summed E-state index contributed by atoms with van der Waals surface area (Å²) in [5.74, 6) is 0.761. The van der Waals surface area contributed by atoms with E-state index in [1.165, 1.54) is 0 Å². The van der Waals surface area contributed by atoms with Crippen molar-refractivity contribution < 1.29 is 4.74 Å². The molecule has 3 rings (SSSR count). The van der Waals surface area contributed by atoms with Crippen molar-refractivity contribution in [2.75, 3.05) is 6.61 Å². The molecule has 0 amide bonds. The fourth-order valence-corrected chi connectivity index (χ4v) is 2.11. The van der Waals surface area contributed by atoms with Gasteiger partial charge in [0.05, 0.1) is 5.71 Å². The number of fused-ring (bicyclic) bond motifs is 1. The molecule has 0 spiro atoms. The van der Waals surface area contributed by atoms with E-state index < -0.39 is 0 Å². The molecule has 4 heteroatoms. The van der Waals surface area contributed by atoms with Gasteiger partial charge in [-0.15, -0.1) is 0 Å². The topological polar surface area (TPSA) is 21.6 Å². The highest BCUT2D eigenvalue weighted by Crippen LogP contribution is 2.34. The predicted octanol–water partition coefficient (Wildman–Crippen LogP) is 4.51. The molecule has 0 unspecified atom stereocenters. The van der Waals surface area contributed by atoms with Crippen molar-refractivity contribution in [1.82, 2.24) is 0 Å². The lowest BCUT2D eigenvalue weighted by molar-refractivity contribution is 0.373. The summed E-state index contributed by atoms with van der Waals surface area (Å²) >= 11 is 11.8. The molecule has 0 radical (unpaired) electrons. The van der Waals surface area contributed by atoms with Gasteiger partial charge in [-0.25, -0.2) is 4.99 Å². The predicted molar refractivity (Wildman–Crippen MR) is 74.6 cm³/mol. The molecule has 18 heavy (non-hydrogen) atoms. The van der Waals surface area contributed by atoms with Gasteiger partial charge in [0.1, 0.15) is 18.0 Å². The first-order chi connectivity index (χ1) is 8.72. The van der Waals surface area contributed by atoms with Gasteiger partial charge in [0.25, 0.3) is 0 Å². The van der Waals surface area contributed by atoms with Crippen molar-refractivity contribution in [1.29, 1.82) is 0 Å². The molecule has 2 nitrogen and oxygen atoms in total. The van der Waals surface area contributed by atoms with Crippen molar-refractivity contribution in [3.05, 3.63) is 58.1 Å². The number of halogens is 2. The molecule has 90 valence electrons. The Labute approximate surface area is 115 Å². The molecule has 0 N–H and O–H groups in total.